The molecule has 1 amide bonds. The van der Waals surface area contributed by atoms with E-state index in [2.05, 4.69) is 16.7 Å². The molecular weight excluding hydrogens is 214 g/mol. The summed E-state index contributed by atoms with van der Waals surface area (Å²) in [5, 5.41) is 15.1. The van der Waals surface area contributed by atoms with Crippen molar-refractivity contribution in [1.82, 2.24) is 10.6 Å². The van der Waals surface area contributed by atoms with E-state index in [0.717, 1.165) is 24.8 Å². The van der Waals surface area contributed by atoms with E-state index in [-0.39, 0.29) is 17.6 Å². The monoisotopic (exact) mass is 227 g/mol. The highest BCUT2D eigenvalue weighted by molar-refractivity contribution is 5.86. The van der Waals surface area contributed by atoms with Crippen molar-refractivity contribution in [1.29, 1.82) is 5.26 Å². The van der Waals surface area contributed by atoms with Gasteiger partial charge in [-0.15, -0.1) is 0 Å². The van der Waals surface area contributed by atoms with Crippen LogP contribution in [0.1, 0.15) is 36.4 Å². The Hall–Kier alpha value is -1.86. The minimum atomic E-state index is -0.275. The zero-order chi connectivity index (χ0) is 11.9. The Morgan fingerprint density at radius 2 is 2.00 bits per heavy atom. The largest absolute Gasteiger partial charge is 0.336 e. The number of rotatable bonds is 1. The number of benzene rings is 1. The van der Waals surface area contributed by atoms with Crippen LogP contribution in [0.15, 0.2) is 24.3 Å². The van der Waals surface area contributed by atoms with Crippen LogP contribution in [0.25, 0.3) is 0 Å². The molecule has 2 fully saturated rings. The number of hydrogen-bond donors (Lipinski definition) is 2. The predicted octanol–water partition coefficient (Wildman–Crippen LogP) is 1.20. The first-order valence-electron chi connectivity index (χ1n) is 5.82. The van der Waals surface area contributed by atoms with Crippen LogP contribution in [0.5, 0.6) is 0 Å². The van der Waals surface area contributed by atoms with Gasteiger partial charge in [0.25, 0.3) is 0 Å². The normalized spacial score (nSPS) is 25.1. The quantitative estimate of drug-likeness (QED) is 0.757. The Morgan fingerprint density at radius 3 is 2.47 bits per heavy atom. The summed E-state index contributed by atoms with van der Waals surface area (Å²) in [5.74, 6) is 0.0365. The lowest BCUT2D eigenvalue weighted by molar-refractivity contribution is -0.121. The van der Waals surface area contributed by atoms with Crippen molar-refractivity contribution < 1.29 is 4.79 Å². The molecule has 1 saturated heterocycles. The van der Waals surface area contributed by atoms with Crippen molar-refractivity contribution in [3.8, 4) is 6.07 Å². The van der Waals surface area contributed by atoms with Crippen LogP contribution in [-0.2, 0) is 4.79 Å². The van der Waals surface area contributed by atoms with Gasteiger partial charge in [0.2, 0.25) is 5.91 Å². The van der Waals surface area contributed by atoms with Gasteiger partial charge >= 0.3 is 0 Å². The number of nitriles is 1. The Morgan fingerprint density at radius 1 is 1.29 bits per heavy atom. The molecule has 4 heteroatoms. The molecule has 0 radical (unpaired) electrons. The molecule has 1 aromatic rings. The van der Waals surface area contributed by atoms with Crippen LogP contribution in [0.3, 0.4) is 0 Å². The topological polar surface area (TPSA) is 64.9 Å². The summed E-state index contributed by atoms with van der Waals surface area (Å²) in [6, 6.07) is 8.97. The minimum absolute atomic E-state index is 0.0365. The van der Waals surface area contributed by atoms with Gasteiger partial charge in [0.1, 0.15) is 6.04 Å². The molecule has 3 rings (SSSR count). The Labute approximate surface area is 99.6 Å². The number of hydrogen-bond acceptors (Lipinski definition) is 3. The lowest BCUT2D eigenvalue weighted by Gasteiger charge is -2.38. The fourth-order valence-electron chi connectivity index (χ4n) is 2.47. The van der Waals surface area contributed by atoms with Crippen molar-refractivity contribution >= 4 is 5.91 Å². The lowest BCUT2D eigenvalue weighted by atomic mass is 9.85. The summed E-state index contributed by atoms with van der Waals surface area (Å²) in [6.07, 6.45) is 3.17. The maximum atomic E-state index is 11.9. The fraction of sp³-hybridized carbons (Fsp3) is 0.385. The zero-order valence-corrected chi connectivity index (χ0v) is 9.36. The van der Waals surface area contributed by atoms with E-state index in [0.29, 0.717) is 5.56 Å². The smallest absolute Gasteiger partial charge is 0.243 e. The van der Waals surface area contributed by atoms with Crippen molar-refractivity contribution in [2.45, 2.75) is 31.0 Å². The first-order valence-corrected chi connectivity index (χ1v) is 5.82. The first kappa shape index (κ1) is 10.3. The van der Waals surface area contributed by atoms with Crippen LogP contribution in [-0.4, -0.2) is 11.6 Å². The third-order valence-corrected chi connectivity index (χ3v) is 3.63. The summed E-state index contributed by atoms with van der Waals surface area (Å²) in [4.78, 5) is 11.9. The Balaban J connectivity index is 1.84. The van der Waals surface area contributed by atoms with Crippen LogP contribution < -0.4 is 10.6 Å². The average Bonchev–Trinajstić information content (AvgIpc) is 2.67. The molecule has 86 valence electrons. The van der Waals surface area contributed by atoms with Crippen LogP contribution >= 0.6 is 0 Å². The molecule has 2 N–H and O–H groups in total. The highest BCUT2D eigenvalue weighted by Gasteiger charge is 2.47. The molecule has 2 aliphatic rings. The van der Waals surface area contributed by atoms with Gasteiger partial charge in [0.15, 0.2) is 0 Å². The second-order valence-corrected chi connectivity index (χ2v) is 4.74. The number of nitrogens with zero attached hydrogens (tertiary/aromatic N) is 1. The molecule has 0 bridgehead atoms. The van der Waals surface area contributed by atoms with Gasteiger partial charge in [-0.3, -0.25) is 10.1 Å². The van der Waals surface area contributed by atoms with Gasteiger partial charge in [-0.2, -0.15) is 5.26 Å². The summed E-state index contributed by atoms with van der Waals surface area (Å²) in [6.45, 7) is 0. The molecule has 1 atom stereocenters. The third-order valence-electron chi connectivity index (χ3n) is 3.63. The van der Waals surface area contributed by atoms with E-state index in [1.165, 1.54) is 0 Å². The van der Waals surface area contributed by atoms with Gasteiger partial charge in [-0.1, -0.05) is 12.1 Å². The Bertz CT molecular complexity index is 496. The summed E-state index contributed by atoms with van der Waals surface area (Å²) >= 11 is 0. The molecule has 1 saturated carbocycles. The van der Waals surface area contributed by atoms with Gasteiger partial charge in [0.05, 0.1) is 17.3 Å². The van der Waals surface area contributed by atoms with Crippen molar-refractivity contribution in [3.05, 3.63) is 35.4 Å². The molecule has 1 aromatic carbocycles. The van der Waals surface area contributed by atoms with E-state index in [9.17, 15) is 4.79 Å². The highest BCUT2D eigenvalue weighted by atomic mass is 16.2. The summed E-state index contributed by atoms with van der Waals surface area (Å²) in [7, 11) is 0. The summed E-state index contributed by atoms with van der Waals surface area (Å²) < 4.78 is 0. The van der Waals surface area contributed by atoms with E-state index >= 15 is 0 Å². The predicted molar refractivity (Wildman–Crippen MR) is 61.8 cm³/mol. The van der Waals surface area contributed by atoms with Gasteiger partial charge < -0.3 is 5.32 Å². The lowest BCUT2D eigenvalue weighted by Crippen LogP contribution is -2.55. The van der Waals surface area contributed by atoms with Crippen molar-refractivity contribution in [2.24, 2.45) is 0 Å². The van der Waals surface area contributed by atoms with E-state index in [4.69, 9.17) is 5.26 Å². The van der Waals surface area contributed by atoms with Gasteiger partial charge in [-0.25, -0.2) is 0 Å². The van der Waals surface area contributed by atoms with Crippen molar-refractivity contribution in [3.63, 3.8) is 0 Å². The first-order chi connectivity index (χ1) is 8.22. The number of carbonyl (C=O) groups excluding carboxylic acids is 1. The number of amides is 1. The van der Waals surface area contributed by atoms with E-state index in [1.54, 1.807) is 12.1 Å². The van der Waals surface area contributed by atoms with Crippen LogP contribution in [0, 0.1) is 11.3 Å². The molecule has 1 aliphatic heterocycles. The van der Waals surface area contributed by atoms with E-state index < -0.39 is 0 Å². The van der Waals surface area contributed by atoms with E-state index in [1.807, 2.05) is 12.1 Å². The summed E-state index contributed by atoms with van der Waals surface area (Å²) in [5.41, 5.74) is 1.38. The molecule has 1 aliphatic carbocycles. The second-order valence-electron chi connectivity index (χ2n) is 4.74. The molecule has 1 spiro atoms. The molecule has 17 heavy (non-hydrogen) atoms. The number of carbonyl (C=O) groups is 1. The van der Waals surface area contributed by atoms with Crippen LogP contribution in [0.2, 0.25) is 0 Å². The standard InChI is InChI=1S/C13H13N3O/c14-8-9-2-4-10(5-3-9)11-12(17)16-13(15-11)6-1-7-13/h2-5,11,15H,1,6-7H2,(H,16,17)/t11-/m0/s1. The molecule has 0 unspecified atom stereocenters. The Kier molecular flexibility index (Phi) is 2.17. The molecule has 0 aromatic heterocycles. The molecular formula is C13H13N3O. The highest BCUT2D eigenvalue weighted by Crippen LogP contribution is 2.36. The third kappa shape index (κ3) is 1.60. The van der Waals surface area contributed by atoms with Gasteiger partial charge in [-0.05, 0) is 37.0 Å². The maximum absolute atomic E-state index is 11.9. The molecule has 4 nitrogen and oxygen atoms in total. The maximum Gasteiger partial charge on any atom is 0.243 e. The SMILES string of the molecule is N#Cc1ccc([C@@H]2NC3(CCC3)NC2=O)cc1. The molecule has 1 heterocycles. The minimum Gasteiger partial charge on any atom is -0.336 e. The average molecular weight is 227 g/mol. The second kappa shape index (κ2) is 3.57. The van der Waals surface area contributed by atoms with Gasteiger partial charge in [0, 0.05) is 0 Å². The van der Waals surface area contributed by atoms with Crippen LogP contribution in [0.4, 0.5) is 0 Å². The zero-order valence-electron chi connectivity index (χ0n) is 9.36. The number of nitrogens with one attached hydrogen (secondary N) is 2. The fourth-order valence-corrected chi connectivity index (χ4v) is 2.47. The van der Waals surface area contributed by atoms with Crippen molar-refractivity contribution in [2.75, 3.05) is 0 Å².